The number of rotatable bonds is 2. The second kappa shape index (κ2) is 6.84. The lowest BCUT2D eigenvalue weighted by atomic mass is 9.81. The second-order valence-electron chi connectivity index (χ2n) is 6.97. The van der Waals surface area contributed by atoms with Crippen LogP contribution in [0.15, 0.2) is 42.6 Å². The van der Waals surface area contributed by atoms with E-state index < -0.39 is 5.60 Å². The van der Waals surface area contributed by atoms with Gasteiger partial charge in [0.1, 0.15) is 0 Å². The SMILES string of the molecule is CCCN1CC2(CCCc3ncc(C#Cc4ccccc4)cc32)OC1=O. The maximum Gasteiger partial charge on any atom is 0.410 e. The molecule has 0 radical (unpaired) electrons. The normalized spacial score (nSPS) is 21.1. The third-order valence-electron chi connectivity index (χ3n) is 5.06. The molecule has 26 heavy (non-hydrogen) atoms. The molecular weight excluding hydrogens is 324 g/mol. The van der Waals surface area contributed by atoms with Gasteiger partial charge < -0.3 is 9.64 Å². The van der Waals surface area contributed by atoms with Crippen LogP contribution < -0.4 is 0 Å². The van der Waals surface area contributed by atoms with E-state index in [2.05, 4.69) is 29.8 Å². The summed E-state index contributed by atoms with van der Waals surface area (Å²) in [7, 11) is 0. The number of amides is 1. The van der Waals surface area contributed by atoms with Crippen molar-refractivity contribution in [3.8, 4) is 11.8 Å². The van der Waals surface area contributed by atoms with Crippen LogP contribution in [-0.2, 0) is 16.8 Å². The van der Waals surface area contributed by atoms with Crippen molar-refractivity contribution in [1.29, 1.82) is 0 Å². The number of carbonyl (C=O) groups excluding carboxylic acids is 1. The van der Waals surface area contributed by atoms with Crippen molar-refractivity contribution in [2.45, 2.75) is 38.2 Å². The quantitative estimate of drug-likeness (QED) is 0.775. The molecule has 2 aliphatic rings. The Morgan fingerprint density at radius 2 is 2.04 bits per heavy atom. The maximum absolute atomic E-state index is 12.3. The molecule has 4 heteroatoms. The molecule has 2 heterocycles. The highest BCUT2D eigenvalue weighted by Crippen LogP contribution is 2.42. The molecule has 0 bridgehead atoms. The van der Waals surface area contributed by atoms with Crippen molar-refractivity contribution in [2.24, 2.45) is 0 Å². The maximum atomic E-state index is 12.3. The van der Waals surface area contributed by atoms with E-state index in [0.29, 0.717) is 6.54 Å². The first-order valence-electron chi connectivity index (χ1n) is 9.24. The zero-order chi connectivity index (χ0) is 18.0. The number of carbonyl (C=O) groups is 1. The van der Waals surface area contributed by atoms with Gasteiger partial charge in [0.15, 0.2) is 5.60 Å². The molecule has 4 nitrogen and oxygen atoms in total. The summed E-state index contributed by atoms with van der Waals surface area (Å²) >= 11 is 0. The van der Waals surface area contributed by atoms with Crippen LogP contribution in [-0.4, -0.2) is 29.1 Å². The molecule has 1 saturated heterocycles. The highest BCUT2D eigenvalue weighted by atomic mass is 16.6. The highest BCUT2D eigenvalue weighted by molar-refractivity contribution is 5.71. The highest BCUT2D eigenvalue weighted by Gasteiger charge is 2.48. The first-order chi connectivity index (χ1) is 12.7. The number of hydrogen-bond acceptors (Lipinski definition) is 3. The third-order valence-corrected chi connectivity index (χ3v) is 5.06. The van der Waals surface area contributed by atoms with Crippen LogP contribution in [0.2, 0.25) is 0 Å². The summed E-state index contributed by atoms with van der Waals surface area (Å²) in [5, 5.41) is 0. The molecule has 2 aromatic rings. The molecule has 1 atom stereocenters. The van der Waals surface area contributed by atoms with Gasteiger partial charge in [0.05, 0.1) is 6.54 Å². The van der Waals surface area contributed by atoms with Crippen molar-refractivity contribution in [3.05, 3.63) is 65.0 Å². The van der Waals surface area contributed by atoms with Gasteiger partial charge in [0.2, 0.25) is 0 Å². The Balaban J connectivity index is 1.68. The van der Waals surface area contributed by atoms with Crippen molar-refractivity contribution >= 4 is 6.09 Å². The monoisotopic (exact) mass is 346 g/mol. The zero-order valence-electron chi connectivity index (χ0n) is 15.0. The van der Waals surface area contributed by atoms with Crippen molar-refractivity contribution < 1.29 is 9.53 Å². The van der Waals surface area contributed by atoms with Gasteiger partial charge in [-0.3, -0.25) is 4.98 Å². The molecule has 1 unspecified atom stereocenters. The van der Waals surface area contributed by atoms with Gasteiger partial charge in [-0.25, -0.2) is 4.79 Å². The molecule has 132 valence electrons. The molecule has 0 N–H and O–H groups in total. The molecular formula is C22H22N2O2. The predicted molar refractivity (Wildman–Crippen MR) is 99.6 cm³/mol. The predicted octanol–water partition coefficient (Wildman–Crippen LogP) is 3.88. The molecule has 1 spiro atoms. The minimum Gasteiger partial charge on any atom is -0.436 e. The summed E-state index contributed by atoms with van der Waals surface area (Å²) in [6.07, 6.45) is 5.31. The molecule has 1 aromatic carbocycles. The fourth-order valence-electron chi connectivity index (χ4n) is 3.84. The number of pyridine rings is 1. The van der Waals surface area contributed by atoms with E-state index in [4.69, 9.17) is 4.74 Å². The number of nitrogens with zero attached hydrogens (tertiary/aromatic N) is 2. The van der Waals surface area contributed by atoms with Crippen LogP contribution in [0.1, 0.15) is 48.6 Å². The number of aryl methyl sites for hydroxylation is 1. The second-order valence-corrected chi connectivity index (χ2v) is 6.97. The van der Waals surface area contributed by atoms with Gasteiger partial charge in [0, 0.05) is 35.1 Å². The van der Waals surface area contributed by atoms with Crippen LogP contribution in [0, 0.1) is 11.8 Å². The van der Waals surface area contributed by atoms with E-state index in [1.165, 1.54) is 0 Å². The number of ether oxygens (including phenoxy) is 1. The van der Waals surface area contributed by atoms with Gasteiger partial charge in [-0.2, -0.15) is 0 Å². The Kier molecular flexibility index (Phi) is 4.38. The number of hydrogen-bond donors (Lipinski definition) is 0. The van der Waals surface area contributed by atoms with Crippen LogP contribution in [0.5, 0.6) is 0 Å². The minimum absolute atomic E-state index is 0.208. The van der Waals surface area contributed by atoms with Crippen LogP contribution in [0.4, 0.5) is 4.79 Å². The lowest BCUT2D eigenvalue weighted by Gasteiger charge is -2.32. The molecule has 1 aliphatic heterocycles. The van der Waals surface area contributed by atoms with Crippen LogP contribution in [0.3, 0.4) is 0 Å². The third kappa shape index (κ3) is 3.06. The van der Waals surface area contributed by atoms with E-state index in [1.807, 2.05) is 41.4 Å². The molecule has 1 aromatic heterocycles. The lowest BCUT2D eigenvalue weighted by molar-refractivity contribution is 0.0389. The number of aromatic nitrogens is 1. The Morgan fingerprint density at radius 3 is 2.85 bits per heavy atom. The Hall–Kier alpha value is -2.80. The van der Waals surface area contributed by atoms with Crippen molar-refractivity contribution in [3.63, 3.8) is 0 Å². The summed E-state index contributed by atoms with van der Waals surface area (Å²) in [4.78, 5) is 18.7. The topological polar surface area (TPSA) is 42.4 Å². The number of fused-ring (bicyclic) bond motifs is 2. The van der Waals surface area contributed by atoms with Gasteiger partial charge in [-0.15, -0.1) is 0 Å². The average molecular weight is 346 g/mol. The largest absolute Gasteiger partial charge is 0.436 e. The van der Waals surface area contributed by atoms with Crippen LogP contribution in [0.25, 0.3) is 0 Å². The molecule has 0 saturated carbocycles. The van der Waals surface area contributed by atoms with Crippen molar-refractivity contribution in [2.75, 3.05) is 13.1 Å². The molecule has 1 aliphatic carbocycles. The lowest BCUT2D eigenvalue weighted by Crippen LogP contribution is -2.36. The van der Waals surface area contributed by atoms with Gasteiger partial charge >= 0.3 is 6.09 Å². The molecule has 1 fully saturated rings. The van der Waals surface area contributed by atoms with E-state index in [1.54, 1.807) is 0 Å². The van der Waals surface area contributed by atoms with E-state index in [0.717, 1.165) is 54.6 Å². The van der Waals surface area contributed by atoms with Crippen molar-refractivity contribution in [1.82, 2.24) is 9.88 Å². The summed E-state index contributed by atoms with van der Waals surface area (Å²) in [6, 6.07) is 12.0. The Bertz CT molecular complexity index is 882. The van der Waals surface area contributed by atoms with E-state index in [9.17, 15) is 4.79 Å². The fourth-order valence-corrected chi connectivity index (χ4v) is 3.84. The van der Waals surface area contributed by atoms with Gasteiger partial charge in [-0.1, -0.05) is 37.0 Å². The van der Waals surface area contributed by atoms with Gasteiger partial charge in [-0.05, 0) is 43.9 Å². The van der Waals surface area contributed by atoms with Gasteiger partial charge in [0.25, 0.3) is 0 Å². The Morgan fingerprint density at radius 1 is 1.23 bits per heavy atom. The summed E-state index contributed by atoms with van der Waals surface area (Å²) in [5.41, 5.74) is 3.35. The summed E-state index contributed by atoms with van der Waals surface area (Å²) < 4.78 is 5.90. The zero-order valence-corrected chi connectivity index (χ0v) is 15.0. The summed E-state index contributed by atoms with van der Waals surface area (Å²) in [6.45, 7) is 3.42. The smallest absolute Gasteiger partial charge is 0.410 e. The first kappa shape index (κ1) is 16.7. The standard InChI is InChI=1S/C22H22N2O2/c1-2-13-24-16-22(26-21(24)25)12-6-9-20-19(22)14-18(15-23-20)11-10-17-7-4-3-5-8-17/h3-5,7-8,14-15H,2,6,9,12-13,16H2,1H3. The first-order valence-corrected chi connectivity index (χ1v) is 9.24. The van der Waals surface area contributed by atoms with Crippen LogP contribution >= 0.6 is 0 Å². The Labute approximate surface area is 154 Å². The number of benzene rings is 1. The molecule has 1 amide bonds. The average Bonchev–Trinajstić information content (AvgIpc) is 2.97. The van der Waals surface area contributed by atoms with E-state index in [-0.39, 0.29) is 6.09 Å². The minimum atomic E-state index is -0.558. The molecule has 4 rings (SSSR count). The van der Waals surface area contributed by atoms with E-state index >= 15 is 0 Å². The summed E-state index contributed by atoms with van der Waals surface area (Å²) in [5.74, 6) is 6.37. The fraction of sp³-hybridized carbons (Fsp3) is 0.364.